The van der Waals surface area contributed by atoms with E-state index in [1.165, 1.54) is 18.2 Å². The summed E-state index contributed by atoms with van der Waals surface area (Å²) >= 11 is 0. The van der Waals surface area contributed by atoms with Crippen LogP contribution in [0.25, 0.3) is 0 Å². The number of hydrogen-bond donors (Lipinski definition) is 2. The van der Waals surface area contributed by atoms with Crippen molar-refractivity contribution in [1.29, 1.82) is 0 Å². The van der Waals surface area contributed by atoms with Crippen LogP contribution in [0.15, 0.2) is 24.3 Å². The van der Waals surface area contributed by atoms with Crippen LogP contribution in [0, 0.1) is 5.92 Å². The number of urea groups is 1. The summed E-state index contributed by atoms with van der Waals surface area (Å²) in [6.45, 7) is -0.254. The molecule has 2 N–H and O–H groups in total. The largest absolute Gasteiger partial charge is 0.482 e. The molecule has 1 heterocycles. The Labute approximate surface area is 132 Å². The number of ether oxygens (including phenoxy) is 1. The van der Waals surface area contributed by atoms with E-state index < -0.39 is 12.8 Å². The minimum atomic E-state index is -4.44. The van der Waals surface area contributed by atoms with Gasteiger partial charge in [-0.1, -0.05) is 12.1 Å². The van der Waals surface area contributed by atoms with Crippen molar-refractivity contribution in [2.45, 2.75) is 19.0 Å². The number of benzene rings is 1. The van der Waals surface area contributed by atoms with E-state index in [4.69, 9.17) is 9.84 Å². The van der Waals surface area contributed by atoms with E-state index in [0.717, 1.165) is 6.42 Å². The van der Waals surface area contributed by atoms with Crippen LogP contribution in [0.3, 0.4) is 0 Å². The predicted molar refractivity (Wildman–Crippen MR) is 78.4 cm³/mol. The van der Waals surface area contributed by atoms with Crippen molar-refractivity contribution in [2.75, 3.05) is 31.6 Å². The van der Waals surface area contributed by atoms with Gasteiger partial charge in [0.15, 0.2) is 6.61 Å². The molecule has 1 aliphatic rings. The number of hydrogen-bond acceptors (Lipinski definition) is 3. The van der Waals surface area contributed by atoms with Crippen LogP contribution < -0.4 is 10.1 Å². The second-order valence-corrected chi connectivity index (χ2v) is 5.44. The fourth-order valence-electron chi connectivity index (χ4n) is 2.48. The van der Waals surface area contributed by atoms with Crippen molar-refractivity contribution in [3.05, 3.63) is 24.3 Å². The highest BCUT2D eigenvalue weighted by atomic mass is 19.4. The highest BCUT2D eigenvalue weighted by molar-refractivity contribution is 5.91. The highest BCUT2D eigenvalue weighted by Crippen LogP contribution is 2.27. The Morgan fingerprint density at radius 1 is 1.39 bits per heavy atom. The Bertz CT molecular complexity index is 537. The maximum atomic E-state index is 12.3. The van der Waals surface area contributed by atoms with Gasteiger partial charge in [0.05, 0.1) is 5.69 Å². The van der Waals surface area contributed by atoms with Crippen molar-refractivity contribution in [1.82, 2.24) is 4.90 Å². The van der Waals surface area contributed by atoms with Crippen molar-refractivity contribution in [2.24, 2.45) is 5.92 Å². The van der Waals surface area contributed by atoms with Crippen molar-refractivity contribution in [3.8, 4) is 5.75 Å². The molecule has 8 heteroatoms. The summed E-state index contributed by atoms with van der Waals surface area (Å²) in [5.74, 6) is 0.228. The molecule has 23 heavy (non-hydrogen) atoms. The summed E-state index contributed by atoms with van der Waals surface area (Å²) in [5, 5.41) is 11.5. The van der Waals surface area contributed by atoms with Gasteiger partial charge in [-0.3, -0.25) is 0 Å². The summed E-state index contributed by atoms with van der Waals surface area (Å²) in [7, 11) is 0. The lowest BCUT2D eigenvalue weighted by Gasteiger charge is -2.19. The smallest absolute Gasteiger partial charge is 0.422 e. The molecule has 0 aliphatic carbocycles. The molecule has 1 fully saturated rings. The number of anilines is 1. The number of aliphatic hydroxyl groups excluding tert-OH is 1. The summed E-state index contributed by atoms with van der Waals surface area (Å²) in [5.41, 5.74) is 0.201. The zero-order valence-electron chi connectivity index (χ0n) is 12.5. The van der Waals surface area contributed by atoms with Gasteiger partial charge in [0, 0.05) is 19.7 Å². The van der Waals surface area contributed by atoms with Crippen LogP contribution in [-0.4, -0.2) is 48.5 Å². The van der Waals surface area contributed by atoms with E-state index in [1.807, 2.05) is 0 Å². The number of nitrogens with zero attached hydrogens (tertiary/aromatic N) is 1. The average molecular weight is 332 g/mol. The Morgan fingerprint density at radius 2 is 2.13 bits per heavy atom. The lowest BCUT2D eigenvalue weighted by Crippen LogP contribution is -2.33. The number of amides is 2. The molecular weight excluding hydrogens is 313 g/mol. The van der Waals surface area contributed by atoms with Gasteiger partial charge >= 0.3 is 12.2 Å². The third-order valence-electron chi connectivity index (χ3n) is 3.63. The molecule has 0 unspecified atom stereocenters. The molecule has 0 saturated carbocycles. The van der Waals surface area contributed by atoms with E-state index >= 15 is 0 Å². The number of alkyl halides is 3. The van der Waals surface area contributed by atoms with Crippen molar-refractivity contribution < 1.29 is 27.8 Å². The van der Waals surface area contributed by atoms with Gasteiger partial charge in [-0.15, -0.1) is 0 Å². The van der Waals surface area contributed by atoms with E-state index in [2.05, 4.69) is 5.32 Å². The minimum absolute atomic E-state index is 0.0238. The molecule has 2 rings (SSSR count). The number of likely N-dealkylation sites (tertiary alicyclic amines) is 1. The van der Waals surface area contributed by atoms with Crippen LogP contribution in [0.1, 0.15) is 12.8 Å². The molecule has 1 saturated heterocycles. The van der Waals surface area contributed by atoms with Gasteiger partial charge < -0.3 is 20.1 Å². The summed E-state index contributed by atoms with van der Waals surface area (Å²) in [6, 6.07) is 5.63. The second-order valence-electron chi connectivity index (χ2n) is 5.44. The first-order chi connectivity index (χ1) is 10.9. The molecule has 0 aromatic heterocycles. The van der Waals surface area contributed by atoms with Crippen LogP contribution in [-0.2, 0) is 0 Å². The first-order valence-electron chi connectivity index (χ1n) is 7.34. The first-order valence-corrected chi connectivity index (χ1v) is 7.34. The number of aliphatic hydroxyl groups is 1. The fourth-order valence-corrected chi connectivity index (χ4v) is 2.48. The normalized spacial score (nSPS) is 18.1. The molecule has 1 atom stereocenters. The lowest BCUT2D eigenvalue weighted by molar-refractivity contribution is -0.153. The first kappa shape index (κ1) is 17.4. The van der Waals surface area contributed by atoms with Gasteiger partial charge in [0.25, 0.3) is 0 Å². The second kappa shape index (κ2) is 7.54. The van der Waals surface area contributed by atoms with Gasteiger partial charge in [-0.2, -0.15) is 13.2 Å². The SMILES string of the molecule is O=C(Nc1ccccc1OCC(F)(F)F)N1CC[C@H](CCO)C1. The van der Waals surface area contributed by atoms with Gasteiger partial charge in [-0.25, -0.2) is 4.79 Å². The number of rotatable bonds is 5. The zero-order chi connectivity index (χ0) is 16.9. The Hall–Kier alpha value is -1.96. The molecule has 0 spiro atoms. The summed E-state index contributed by atoms with van der Waals surface area (Å²) in [6.07, 6.45) is -3.00. The van der Waals surface area contributed by atoms with Gasteiger partial charge in [0.2, 0.25) is 0 Å². The fraction of sp³-hybridized carbons (Fsp3) is 0.533. The Balaban J connectivity index is 1.96. The van der Waals surface area contributed by atoms with Crippen LogP contribution in [0.2, 0.25) is 0 Å². The molecule has 1 aromatic rings. The zero-order valence-corrected chi connectivity index (χ0v) is 12.5. The molecule has 128 valence electrons. The van der Waals surface area contributed by atoms with Crippen LogP contribution in [0.4, 0.5) is 23.7 Å². The monoisotopic (exact) mass is 332 g/mol. The molecule has 1 aliphatic heterocycles. The third-order valence-corrected chi connectivity index (χ3v) is 3.63. The molecule has 1 aromatic carbocycles. The van der Waals surface area contributed by atoms with E-state index in [9.17, 15) is 18.0 Å². The third kappa shape index (κ3) is 5.31. The average Bonchev–Trinajstić information content (AvgIpc) is 2.95. The van der Waals surface area contributed by atoms with E-state index in [0.29, 0.717) is 19.5 Å². The highest BCUT2D eigenvalue weighted by Gasteiger charge is 2.29. The molecular formula is C15H19F3N2O3. The molecule has 5 nitrogen and oxygen atoms in total. The number of nitrogens with one attached hydrogen (secondary N) is 1. The van der Waals surface area contributed by atoms with Crippen LogP contribution in [0.5, 0.6) is 5.75 Å². The Kier molecular flexibility index (Phi) is 5.70. The van der Waals surface area contributed by atoms with Gasteiger partial charge in [0.1, 0.15) is 5.75 Å². The number of halogens is 3. The number of carbonyl (C=O) groups excluding carboxylic acids is 1. The predicted octanol–water partition coefficient (Wildman–Crippen LogP) is 2.86. The van der Waals surface area contributed by atoms with Crippen LogP contribution >= 0.6 is 0 Å². The lowest BCUT2D eigenvalue weighted by atomic mass is 10.1. The van der Waals surface area contributed by atoms with Gasteiger partial charge in [-0.05, 0) is 30.9 Å². The molecule has 0 radical (unpaired) electrons. The molecule has 0 bridgehead atoms. The maximum absolute atomic E-state index is 12.3. The Morgan fingerprint density at radius 3 is 2.83 bits per heavy atom. The quantitative estimate of drug-likeness (QED) is 0.872. The van der Waals surface area contributed by atoms with E-state index in [1.54, 1.807) is 11.0 Å². The van der Waals surface area contributed by atoms with E-state index in [-0.39, 0.29) is 30.0 Å². The maximum Gasteiger partial charge on any atom is 0.422 e. The van der Waals surface area contributed by atoms with Crippen molar-refractivity contribution in [3.63, 3.8) is 0 Å². The topological polar surface area (TPSA) is 61.8 Å². The number of carbonyl (C=O) groups is 1. The summed E-state index contributed by atoms with van der Waals surface area (Å²) in [4.78, 5) is 13.8. The molecule has 2 amide bonds. The minimum Gasteiger partial charge on any atom is -0.482 e. The summed E-state index contributed by atoms with van der Waals surface area (Å²) < 4.78 is 41.5. The number of para-hydroxylation sites is 2. The standard InChI is InChI=1S/C15H19F3N2O3/c16-15(17,18)10-23-13-4-2-1-3-12(13)19-14(22)20-7-5-11(9-20)6-8-21/h1-4,11,21H,5-10H2,(H,19,22)/t11-/m1/s1. The van der Waals surface area contributed by atoms with Crippen molar-refractivity contribution >= 4 is 11.7 Å².